The van der Waals surface area contributed by atoms with Crippen LogP contribution in [0.25, 0.3) is 0 Å². The summed E-state index contributed by atoms with van der Waals surface area (Å²) in [5.74, 6) is -1.08. The summed E-state index contributed by atoms with van der Waals surface area (Å²) in [5.41, 5.74) is 0.629. The molecule has 1 unspecified atom stereocenters. The van der Waals surface area contributed by atoms with E-state index < -0.39 is 11.6 Å². The summed E-state index contributed by atoms with van der Waals surface area (Å²) in [6.45, 7) is 5.85. The fourth-order valence-corrected chi connectivity index (χ4v) is 1.75. The molecule has 2 nitrogen and oxygen atoms in total. The van der Waals surface area contributed by atoms with Gasteiger partial charge in [-0.05, 0) is 37.6 Å². The quantitative estimate of drug-likeness (QED) is 0.743. The van der Waals surface area contributed by atoms with Crippen LogP contribution in [0, 0.1) is 11.6 Å². The molecule has 0 aliphatic rings. The Morgan fingerprint density at radius 3 is 2.35 bits per heavy atom. The fourth-order valence-electron chi connectivity index (χ4n) is 1.75. The van der Waals surface area contributed by atoms with Crippen LogP contribution in [0.15, 0.2) is 18.2 Å². The molecule has 0 aliphatic heterocycles. The van der Waals surface area contributed by atoms with Crippen LogP contribution in [0.3, 0.4) is 0 Å². The second kappa shape index (κ2) is 7.35. The first kappa shape index (κ1) is 14.1. The monoisotopic (exact) mass is 243 g/mol. The van der Waals surface area contributed by atoms with E-state index in [1.54, 1.807) is 0 Å². The highest BCUT2D eigenvalue weighted by Gasteiger charge is 2.12. The van der Waals surface area contributed by atoms with Crippen molar-refractivity contribution < 1.29 is 13.5 Å². The summed E-state index contributed by atoms with van der Waals surface area (Å²) in [6, 6.07) is 3.54. The van der Waals surface area contributed by atoms with Gasteiger partial charge in [-0.15, -0.1) is 0 Å². The topological polar surface area (TPSA) is 21.3 Å². The van der Waals surface area contributed by atoms with Crippen LogP contribution in [0.1, 0.15) is 31.9 Å². The van der Waals surface area contributed by atoms with Crippen LogP contribution >= 0.6 is 0 Å². The molecule has 0 radical (unpaired) electrons. The second-order valence-electron chi connectivity index (χ2n) is 3.80. The largest absolute Gasteiger partial charge is 0.382 e. The maximum absolute atomic E-state index is 13.1. The molecule has 0 saturated heterocycles. The molecule has 0 fully saturated rings. The molecule has 0 amide bonds. The Morgan fingerprint density at radius 1 is 1.18 bits per heavy atom. The minimum absolute atomic E-state index is 0.0725. The first-order chi connectivity index (χ1) is 8.17. The summed E-state index contributed by atoms with van der Waals surface area (Å²) in [5, 5.41) is 3.20. The summed E-state index contributed by atoms with van der Waals surface area (Å²) in [7, 11) is 0. The Hall–Kier alpha value is -1.00. The third kappa shape index (κ3) is 4.79. The Labute approximate surface area is 101 Å². The zero-order valence-corrected chi connectivity index (χ0v) is 10.3. The Bertz CT molecular complexity index is 324. The molecule has 0 heterocycles. The van der Waals surface area contributed by atoms with E-state index in [2.05, 4.69) is 5.32 Å². The Balaban J connectivity index is 2.73. The fraction of sp³-hybridized carbons (Fsp3) is 0.538. The molecule has 0 bridgehead atoms. The second-order valence-corrected chi connectivity index (χ2v) is 3.80. The first-order valence-corrected chi connectivity index (χ1v) is 5.94. The molecule has 17 heavy (non-hydrogen) atoms. The van der Waals surface area contributed by atoms with E-state index in [0.29, 0.717) is 25.2 Å². The van der Waals surface area contributed by atoms with Gasteiger partial charge in [0.15, 0.2) is 0 Å². The number of hydrogen-bond acceptors (Lipinski definition) is 2. The van der Waals surface area contributed by atoms with Gasteiger partial charge in [0.2, 0.25) is 0 Å². The van der Waals surface area contributed by atoms with Crippen LogP contribution in [0.4, 0.5) is 8.78 Å². The molecular formula is C13H19F2NO. The van der Waals surface area contributed by atoms with Crippen molar-refractivity contribution >= 4 is 0 Å². The predicted molar refractivity (Wildman–Crippen MR) is 63.9 cm³/mol. The standard InChI is InChI=1S/C13H19F2NO/c1-3-16-13(5-6-17-4-2)10-7-11(14)9-12(15)8-10/h7-9,13,16H,3-6H2,1-2H3. The van der Waals surface area contributed by atoms with Gasteiger partial charge in [0.25, 0.3) is 0 Å². The summed E-state index contributed by atoms with van der Waals surface area (Å²) in [6.07, 6.45) is 0.699. The number of nitrogens with one attached hydrogen (secondary N) is 1. The van der Waals surface area contributed by atoms with Crippen molar-refractivity contribution in [2.24, 2.45) is 0 Å². The molecule has 1 N–H and O–H groups in total. The van der Waals surface area contributed by atoms with Crippen LogP contribution in [0.2, 0.25) is 0 Å². The lowest BCUT2D eigenvalue weighted by Crippen LogP contribution is -2.22. The van der Waals surface area contributed by atoms with Crippen LogP contribution in [0.5, 0.6) is 0 Å². The normalized spacial score (nSPS) is 12.7. The van der Waals surface area contributed by atoms with Gasteiger partial charge in [-0.2, -0.15) is 0 Å². The van der Waals surface area contributed by atoms with E-state index >= 15 is 0 Å². The summed E-state index contributed by atoms with van der Waals surface area (Å²) in [4.78, 5) is 0. The number of rotatable bonds is 7. The number of halogens is 2. The van der Waals surface area contributed by atoms with Crippen molar-refractivity contribution in [1.29, 1.82) is 0 Å². The van der Waals surface area contributed by atoms with Crippen LogP contribution in [-0.4, -0.2) is 19.8 Å². The van der Waals surface area contributed by atoms with E-state index in [1.807, 2.05) is 13.8 Å². The van der Waals surface area contributed by atoms with Gasteiger partial charge >= 0.3 is 0 Å². The maximum Gasteiger partial charge on any atom is 0.126 e. The van der Waals surface area contributed by atoms with Crippen molar-refractivity contribution in [2.75, 3.05) is 19.8 Å². The minimum atomic E-state index is -0.542. The summed E-state index contributed by atoms with van der Waals surface area (Å²) >= 11 is 0. The molecule has 1 aromatic rings. The molecule has 1 aromatic carbocycles. The van der Waals surface area contributed by atoms with Crippen molar-refractivity contribution in [3.8, 4) is 0 Å². The number of hydrogen-bond donors (Lipinski definition) is 1. The molecular weight excluding hydrogens is 224 g/mol. The molecule has 1 rings (SSSR count). The van der Waals surface area contributed by atoms with Gasteiger partial charge in [-0.3, -0.25) is 0 Å². The predicted octanol–water partition coefficient (Wildman–Crippen LogP) is 3.04. The molecule has 96 valence electrons. The van der Waals surface area contributed by atoms with Crippen LogP contribution in [-0.2, 0) is 4.74 Å². The third-order valence-electron chi connectivity index (χ3n) is 2.49. The first-order valence-electron chi connectivity index (χ1n) is 5.94. The molecule has 4 heteroatoms. The van der Waals surface area contributed by atoms with Gasteiger partial charge in [0.1, 0.15) is 11.6 Å². The third-order valence-corrected chi connectivity index (χ3v) is 2.49. The highest BCUT2D eigenvalue weighted by atomic mass is 19.1. The van der Waals surface area contributed by atoms with Crippen molar-refractivity contribution in [3.05, 3.63) is 35.4 Å². The number of ether oxygens (including phenoxy) is 1. The zero-order chi connectivity index (χ0) is 12.7. The highest BCUT2D eigenvalue weighted by Crippen LogP contribution is 2.19. The lowest BCUT2D eigenvalue weighted by molar-refractivity contribution is 0.136. The SMILES string of the molecule is CCNC(CCOCC)c1cc(F)cc(F)c1. The number of benzene rings is 1. The molecule has 0 aliphatic carbocycles. The van der Waals surface area contributed by atoms with Gasteiger partial charge in [-0.1, -0.05) is 6.92 Å². The maximum atomic E-state index is 13.1. The molecule has 0 saturated carbocycles. The van der Waals surface area contributed by atoms with E-state index in [4.69, 9.17) is 4.74 Å². The lowest BCUT2D eigenvalue weighted by atomic mass is 10.0. The van der Waals surface area contributed by atoms with E-state index in [9.17, 15) is 8.78 Å². The van der Waals surface area contributed by atoms with E-state index in [-0.39, 0.29) is 6.04 Å². The van der Waals surface area contributed by atoms with E-state index in [0.717, 1.165) is 12.6 Å². The van der Waals surface area contributed by atoms with Crippen molar-refractivity contribution in [2.45, 2.75) is 26.3 Å². The van der Waals surface area contributed by atoms with Gasteiger partial charge in [0, 0.05) is 25.3 Å². The van der Waals surface area contributed by atoms with Gasteiger partial charge < -0.3 is 10.1 Å². The average molecular weight is 243 g/mol. The van der Waals surface area contributed by atoms with Crippen LogP contribution < -0.4 is 5.32 Å². The zero-order valence-electron chi connectivity index (χ0n) is 10.3. The summed E-state index contributed by atoms with van der Waals surface area (Å²) < 4.78 is 31.5. The smallest absolute Gasteiger partial charge is 0.126 e. The molecule has 0 spiro atoms. The molecule has 0 aromatic heterocycles. The Kier molecular flexibility index (Phi) is 6.08. The minimum Gasteiger partial charge on any atom is -0.382 e. The molecule has 1 atom stereocenters. The average Bonchev–Trinajstić information content (AvgIpc) is 2.27. The highest BCUT2D eigenvalue weighted by molar-refractivity contribution is 5.21. The lowest BCUT2D eigenvalue weighted by Gasteiger charge is -2.18. The van der Waals surface area contributed by atoms with Crippen molar-refractivity contribution in [1.82, 2.24) is 5.32 Å². The van der Waals surface area contributed by atoms with Crippen molar-refractivity contribution in [3.63, 3.8) is 0 Å². The van der Waals surface area contributed by atoms with Gasteiger partial charge in [-0.25, -0.2) is 8.78 Å². The Morgan fingerprint density at radius 2 is 1.82 bits per heavy atom. The van der Waals surface area contributed by atoms with Gasteiger partial charge in [0.05, 0.1) is 0 Å². The van der Waals surface area contributed by atoms with E-state index in [1.165, 1.54) is 12.1 Å².